The zero-order valence-corrected chi connectivity index (χ0v) is 18.2. The summed E-state index contributed by atoms with van der Waals surface area (Å²) >= 11 is 6.17. The molecule has 2 N–H and O–H groups in total. The summed E-state index contributed by atoms with van der Waals surface area (Å²) in [6.07, 6.45) is 3.96. The van der Waals surface area contributed by atoms with Gasteiger partial charge in [-0.05, 0) is 42.7 Å². The van der Waals surface area contributed by atoms with Crippen LogP contribution >= 0.6 is 11.6 Å². The van der Waals surface area contributed by atoms with Gasteiger partial charge >= 0.3 is 0 Å². The number of benzene rings is 2. The van der Waals surface area contributed by atoms with E-state index in [-0.39, 0.29) is 23.3 Å². The van der Waals surface area contributed by atoms with Gasteiger partial charge in [0.2, 0.25) is 15.9 Å². The van der Waals surface area contributed by atoms with Gasteiger partial charge in [-0.1, -0.05) is 35.9 Å². The number of hydrogen-bond donors (Lipinski definition) is 2. The van der Waals surface area contributed by atoms with Crippen molar-refractivity contribution in [3.05, 3.63) is 71.2 Å². The first-order valence-corrected chi connectivity index (χ1v) is 11.8. The predicted octanol–water partition coefficient (Wildman–Crippen LogP) is 3.68. The van der Waals surface area contributed by atoms with Gasteiger partial charge in [0.1, 0.15) is 0 Å². The van der Waals surface area contributed by atoms with Crippen molar-refractivity contribution in [2.24, 2.45) is 0 Å². The van der Waals surface area contributed by atoms with Crippen LogP contribution in [0.25, 0.3) is 11.3 Å². The Kier molecular flexibility index (Phi) is 6.41. The molecular weight excluding hydrogens is 438 g/mol. The lowest BCUT2D eigenvalue weighted by atomic mass is 10.2. The van der Waals surface area contributed by atoms with E-state index in [4.69, 9.17) is 16.0 Å². The molecule has 1 aromatic heterocycles. The van der Waals surface area contributed by atoms with Crippen molar-refractivity contribution in [3.8, 4) is 11.3 Å². The molecule has 0 radical (unpaired) electrons. The topological polar surface area (TPSA) is 101 Å². The Balaban J connectivity index is 1.26. The first-order chi connectivity index (χ1) is 14.9. The van der Waals surface area contributed by atoms with Crippen molar-refractivity contribution in [3.63, 3.8) is 0 Å². The molecule has 9 heteroatoms. The van der Waals surface area contributed by atoms with Gasteiger partial charge in [-0.25, -0.2) is 18.1 Å². The van der Waals surface area contributed by atoms with Gasteiger partial charge in [0.15, 0.2) is 11.7 Å². The lowest BCUT2D eigenvalue weighted by molar-refractivity contribution is -0.121. The molecule has 2 aromatic carbocycles. The minimum atomic E-state index is -3.47. The Bertz CT molecular complexity index is 1170. The van der Waals surface area contributed by atoms with Crippen molar-refractivity contribution < 1.29 is 17.6 Å². The summed E-state index contributed by atoms with van der Waals surface area (Å²) in [5.74, 6) is 0.875. The highest BCUT2D eigenvalue weighted by Gasteiger charge is 2.27. The van der Waals surface area contributed by atoms with Crippen LogP contribution in [0.2, 0.25) is 5.02 Å². The average molecular weight is 460 g/mol. The third-order valence-electron chi connectivity index (χ3n) is 4.88. The molecule has 1 aliphatic rings. The summed E-state index contributed by atoms with van der Waals surface area (Å²) < 4.78 is 32.7. The number of carbonyl (C=O) groups excluding carboxylic acids is 1. The van der Waals surface area contributed by atoms with Crippen molar-refractivity contribution in [2.75, 3.05) is 0 Å². The van der Waals surface area contributed by atoms with E-state index in [1.165, 1.54) is 0 Å². The molecule has 0 bridgehead atoms. The van der Waals surface area contributed by atoms with Crippen LogP contribution in [0, 0.1) is 0 Å². The van der Waals surface area contributed by atoms with Crippen LogP contribution < -0.4 is 10.0 Å². The Labute approximate surface area is 185 Å². The third-order valence-corrected chi connectivity index (χ3v) is 6.75. The van der Waals surface area contributed by atoms with Crippen molar-refractivity contribution in [1.29, 1.82) is 0 Å². The van der Waals surface area contributed by atoms with Gasteiger partial charge in [-0.15, -0.1) is 0 Å². The first kappa shape index (κ1) is 21.5. The molecule has 0 unspecified atom stereocenters. The van der Waals surface area contributed by atoms with E-state index in [1.54, 1.807) is 36.5 Å². The summed E-state index contributed by atoms with van der Waals surface area (Å²) in [6.45, 7) is 0.311. The van der Waals surface area contributed by atoms with Crippen LogP contribution in [-0.2, 0) is 27.8 Å². The van der Waals surface area contributed by atoms with E-state index in [2.05, 4.69) is 15.0 Å². The maximum Gasteiger partial charge on any atom is 0.240 e. The minimum absolute atomic E-state index is 0.0633. The molecule has 1 fully saturated rings. The molecule has 0 saturated heterocycles. The molecule has 0 atom stereocenters. The van der Waals surface area contributed by atoms with Crippen LogP contribution in [0.1, 0.15) is 30.7 Å². The number of amides is 1. The maximum absolute atomic E-state index is 12.2. The van der Waals surface area contributed by atoms with Crippen molar-refractivity contribution in [1.82, 2.24) is 15.0 Å². The number of aryl methyl sites for hydroxylation is 1. The Morgan fingerprint density at radius 3 is 2.58 bits per heavy atom. The number of oxazole rings is 1. The maximum atomic E-state index is 12.2. The molecule has 1 heterocycles. The number of nitrogens with zero attached hydrogens (tertiary/aromatic N) is 1. The number of aromatic nitrogens is 1. The average Bonchev–Trinajstić information content (AvgIpc) is 3.43. The normalized spacial score (nSPS) is 13.8. The Morgan fingerprint density at radius 2 is 1.87 bits per heavy atom. The van der Waals surface area contributed by atoms with E-state index in [0.29, 0.717) is 29.6 Å². The zero-order valence-electron chi connectivity index (χ0n) is 16.7. The quantitative estimate of drug-likeness (QED) is 0.508. The Hall–Kier alpha value is -2.68. The number of hydrogen-bond acceptors (Lipinski definition) is 5. The van der Waals surface area contributed by atoms with Gasteiger partial charge in [0, 0.05) is 31.0 Å². The van der Waals surface area contributed by atoms with Gasteiger partial charge in [-0.3, -0.25) is 4.79 Å². The van der Waals surface area contributed by atoms with E-state index >= 15 is 0 Å². The van der Waals surface area contributed by atoms with Gasteiger partial charge in [0.25, 0.3) is 0 Å². The Morgan fingerprint density at radius 1 is 1.13 bits per heavy atom. The first-order valence-electron chi connectivity index (χ1n) is 9.98. The van der Waals surface area contributed by atoms with Gasteiger partial charge < -0.3 is 9.73 Å². The molecule has 1 aliphatic carbocycles. The fourth-order valence-corrected chi connectivity index (χ4v) is 4.53. The van der Waals surface area contributed by atoms with E-state index < -0.39 is 10.0 Å². The molecule has 7 nitrogen and oxygen atoms in total. The molecule has 3 aromatic rings. The number of carbonyl (C=O) groups is 1. The molecule has 162 valence electrons. The second kappa shape index (κ2) is 9.21. The molecule has 0 aliphatic heterocycles. The fourth-order valence-electron chi connectivity index (χ4n) is 3.00. The fraction of sp³-hybridized carbons (Fsp3) is 0.273. The molecule has 31 heavy (non-hydrogen) atoms. The van der Waals surface area contributed by atoms with Gasteiger partial charge in [0.05, 0.1) is 16.1 Å². The smallest absolute Gasteiger partial charge is 0.240 e. The SMILES string of the molecule is O=C(CCc1ncc(-c2ccccc2Cl)o1)NCc1ccc(S(=O)(=O)NC2CC2)cc1. The van der Waals surface area contributed by atoms with Crippen molar-refractivity contribution in [2.45, 2.75) is 43.2 Å². The van der Waals surface area contributed by atoms with Crippen LogP contribution in [0.4, 0.5) is 0 Å². The summed E-state index contributed by atoms with van der Waals surface area (Å²) in [5.41, 5.74) is 1.57. The highest BCUT2D eigenvalue weighted by Crippen LogP contribution is 2.28. The number of nitrogens with one attached hydrogen (secondary N) is 2. The van der Waals surface area contributed by atoms with Crippen molar-refractivity contribution >= 4 is 27.5 Å². The lowest BCUT2D eigenvalue weighted by Gasteiger charge is -2.08. The summed E-state index contributed by atoms with van der Waals surface area (Å²) in [7, 11) is -3.47. The van der Waals surface area contributed by atoms with E-state index in [1.807, 2.05) is 18.2 Å². The highest BCUT2D eigenvalue weighted by molar-refractivity contribution is 7.89. The van der Waals surface area contributed by atoms with Crippen LogP contribution in [0.15, 0.2) is 64.0 Å². The second-order valence-electron chi connectivity index (χ2n) is 7.41. The van der Waals surface area contributed by atoms with E-state index in [9.17, 15) is 13.2 Å². The van der Waals surface area contributed by atoms with Gasteiger partial charge in [-0.2, -0.15) is 0 Å². The zero-order chi connectivity index (χ0) is 21.8. The summed E-state index contributed by atoms with van der Waals surface area (Å²) in [4.78, 5) is 16.6. The van der Waals surface area contributed by atoms with E-state index in [0.717, 1.165) is 24.0 Å². The summed E-state index contributed by atoms with van der Waals surface area (Å²) in [6, 6.07) is 13.9. The molecule has 4 rings (SSSR count). The summed E-state index contributed by atoms with van der Waals surface area (Å²) in [5, 5.41) is 3.40. The standard InChI is InChI=1S/C22H22ClN3O4S/c23-19-4-2-1-3-18(19)20-14-25-22(30-20)12-11-21(27)24-13-15-5-9-17(10-6-15)31(28,29)26-16-7-8-16/h1-6,9-10,14,16,26H,7-8,11-13H2,(H,24,27). The lowest BCUT2D eigenvalue weighted by Crippen LogP contribution is -2.26. The molecule has 0 spiro atoms. The number of rotatable bonds is 9. The predicted molar refractivity (Wildman–Crippen MR) is 117 cm³/mol. The number of sulfonamides is 1. The highest BCUT2D eigenvalue weighted by atomic mass is 35.5. The monoisotopic (exact) mass is 459 g/mol. The largest absolute Gasteiger partial charge is 0.441 e. The number of halogens is 1. The second-order valence-corrected chi connectivity index (χ2v) is 9.54. The molecule has 1 amide bonds. The molecular formula is C22H22ClN3O4S. The minimum Gasteiger partial charge on any atom is -0.441 e. The van der Waals surface area contributed by atoms with Crippen LogP contribution in [0.5, 0.6) is 0 Å². The van der Waals surface area contributed by atoms with Crippen LogP contribution in [0.3, 0.4) is 0 Å². The third kappa shape index (κ3) is 5.72. The van der Waals surface area contributed by atoms with Crippen LogP contribution in [-0.4, -0.2) is 25.4 Å². The molecule has 1 saturated carbocycles.